The van der Waals surface area contributed by atoms with Crippen LogP contribution < -0.4 is 0 Å². The smallest absolute Gasteiger partial charge is 0.309 e. The third-order valence-corrected chi connectivity index (χ3v) is 5.54. The number of allylic oxidation sites excluding steroid dienone is 3. The third-order valence-electron chi connectivity index (χ3n) is 4.95. The molecule has 1 aliphatic heterocycles. The van der Waals surface area contributed by atoms with Crippen LogP contribution in [-0.4, -0.2) is 17.9 Å². The monoisotopic (exact) mass is 324 g/mol. The number of fused-ring (bicyclic) bond motifs is 3. The average Bonchev–Trinajstić information content (AvgIpc) is 2.61. The second-order valence-corrected chi connectivity index (χ2v) is 6.98. The SMILES string of the molecule is CC1=C2[C@@H]3OC(=O)[C@@H](C)[C@H]3CC[C@]2(C)C=C(Br)C1=O. The van der Waals surface area contributed by atoms with Crippen LogP contribution in [0.3, 0.4) is 0 Å². The van der Waals surface area contributed by atoms with E-state index in [1.54, 1.807) is 0 Å². The van der Waals surface area contributed by atoms with E-state index in [0.717, 1.165) is 24.0 Å². The number of carbonyl (C=O) groups is 2. The minimum Gasteiger partial charge on any atom is -0.457 e. The van der Waals surface area contributed by atoms with Gasteiger partial charge in [0, 0.05) is 16.9 Å². The maximum atomic E-state index is 12.2. The van der Waals surface area contributed by atoms with E-state index in [1.807, 2.05) is 19.9 Å². The molecule has 102 valence electrons. The van der Waals surface area contributed by atoms with E-state index in [0.29, 0.717) is 4.48 Å². The second kappa shape index (κ2) is 4.05. The predicted molar refractivity (Wildman–Crippen MR) is 74.6 cm³/mol. The molecule has 0 radical (unpaired) electrons. The topological polar surface area (TPSA) is 43.4 Å². The molecular weight excluding hydrogens is 308 g/mol. The first kappa shape index (κ1) is 13.1. The fraction of sp³-hybridized carbons (Fsp3) is 0.600. The molecule has 3 aliphatic rings. The molecule has 1 saturated carbocycles. The van der Waals surface area contributed by atoms with Crippen molar-refractivity contribution in [1.82, 2.24) is 0 Å². The zero-order valence-corrected chi connectivity index (χ0v) is 12.9. The molecule has 19 heavy (non-hydrogen) atoms. The van der Waals surface area contributed by atoms with Gasteiger partial charge in [0.1, 0.15) is 6.10 Å². The molecule has 2 fully saturated rings. The van der Waals surface area contributed by atoms with Gasteiger partial charge in [-0.05, 0) is 41.3 Å². The van der Waals surface area contributed by atoms with Gasteiger partial charge in [0.15, 0.2) is 5.78 Å². The highest BCUT2D eigenvalue weighted by Gasteiger charge is 2.53. The summed E-state index contributed by atoms with van der Waals surface area (Å²) < 4.78 is 6.20. The van der Waals surface area contributed by atoms with Crippen molar-refractivity contribution in [2.45, 2.75) is 39.7 Å². The molecule has 1 heterocycles. The summed E-state index contributed by atoms with van der Waals surface area (Å²) in [7, 11) is 0. The van der Waals surface area contributed by atoms with Crippen LogP contribution in [0.15, 0.2) is 21.7 Å². The molecule has 3 nitrogen and oxygen atoms in total. The Morgan fingerprint density at radius 2 is 2.11 bits per heavy atom. The zero-order valence-electron chi connectivity index (χ0n) is 11.3. The number of halogens is 1. The lowest BCUT2D eigenvalue weighted by Crippen LogP contribution is -2.40. The first-order valence-corrected chi connectivity index (χ1v) is 7.49. The standard InChI is InChI=1S/C15H17BrO3/c1-7-9-4-5-15(3)6-10(16)12(17)8(2)11(15)13(9)19-14(7)18/h6-7,9,13H,4-5H2,1-3H3/t7-,9+,13+,15+/m0/s1. The van der Waals surface area contributed by atoms with Crippen molar-refractivity contribution in [2.75, 3.05) is 0 Å². The Bertz CT molecular complexity index is 546. The van der Waals surface area contributed by atoms with E-state index in [2.05, 4.69) is 22.9 Å². The second-order valence-electron chi connectivity index (χ2n) is 6.13. The van der Waals surface area contributed by atoms with E-state index < -0.39 is 0 Å². The van der Waals surface area contributed by atoms with Crippen molar-refractivity contribution in [3.63, 3.8) is 0 Å². The van der Waals surface area contributed by atoms with Crippen LogP contribution in [0.25, 0.3) is 0 Å². The normalized spacial score (nSPS) is 41.7. The number of hydrogen-bond acceptors (Lipinski definition) is 3. The summed E-state index contributed by atoms with van der Waals surface area (Å²) in [6.45, 7) is 5.91. The van der Waals surface area contributed by atoms with Gasteiger partial charge in [-0.2, -0.15) is 0 Å². The highest BCUT2D eigenvalue weighted by Crippen LogP contribution is 2.54. The molecule has 0 unspecified atom stereocenters. The predicted octanol–water partition coefficient (Wildman–Crippen LogP) is 3.14. The van der Waals surface area contributed by atoms with E-state index in [1.165, 1.54) is 0 Å². The van der Waals surface area contributed by atoms with Gasteiger partial charge in [-0.1, -0.05) is 19.9 Å². The quantitative estimate of drug-likeness (QED) is 0.643. The molecule has 4 atom stereocenters. The maximum absolute atomic E-state index is 12.2. The van der Waals surface area contributed by atoms with Gasteiger partial charge in [-0.25, -0.2) is 0 Å². The van der Waals surface area contributed by atoms with E-state index >= 15 is 0 Å². The molecular formula is C15H17BrO3. The number of rotatable bonds is 0. The lowest BCUT2D eigenvalue weighted by Gasteiger charge is -2.43. The van der Waals surface area contributed by atoms with Crippen LogP contribution in [-0.2, 0) is 14.3 Å². The van der Waals surface area contributed by atoms with Crippen LogP contribution in [0, 0.1) is 17.3 Å². The fourth-order valence-corrected chi connectivity index (χ4v) is 4.60. The molecule has 0 spiro atoms. The van der Waals surface area contributed by atoms with Gasteiger partial charge in [0.25, 0.3) is 0 Å². The van der Waals surface area contributed by atoms with Crippen LogP contribution in [0.5, 0.6) is 0 Å². The Morgan fingerprint density at radius 3 is 2.79 bits per heavy atom. The Labute approximate surface area is 121 Å². The number of ketones is 1. The summed E-state index contributed by atoms with van der Waals surface area (Å²) in [5.74, 6) is 0.0623. The number of Topliss-reactive ketones (excluding diaryl/α,β-unsaturated/α-hetero) is 1. The van der Waals surface area contributed by atoms with Gasteiger partial charge in [0.05, 0.1) is 10.4 Å². The zero-order chi connectivity index (χ0) is 13.9. The van der Waals surface area contributed by atoms with Crippen molar-refractivity contribution in [2.24, 2.45) is 17.3 Å². The van der Waals surface area contributed by atoms with Gasteiger partial charge < -0.3 is 4.74 Å². The van der Waals surface area contributed by atoms with Crippen molar-refractivity contribution >= 4 is 27.7 Å². The van der Waals surface area contributed by atoms with Crippen molar-refractivity contribution < 1.29 is 14.3 Å². The number of esters is 1. The molecule has 0 aromatic carbocycles. The Kier molecular flexibility index (Phi) is 2.79. The number of hydrogen-bond donors (Lipinski definition) is 0. The molecule has 0 aromatic heterocycles. The van der Waals surface area contributed by atoms with Crippen molar-refractivity contribution in [3.05, 3.63) is 21.7 Å². The lowest BCUT2D eigenvalue weighted by atomic mass is 9.62. The minimum atomic E-state index is -0.206. The third kappa shape index (κ3) is 1.69. The van der Waals surface area contributed by atoms with Gasteiger partial charge >= 0.3 is 5.97 Å². The fourth-order valence-electron chi connectivity index (χ4n) is 3.80. The highest BCUT2D eigenvalue weighted by atomic mass is 79.9. The summed E-state index contributed by atoms with van der Waals surface area (Å²) in [4.78, 5) is 24.0. The summed E-state index contributed by atoms with van der Waals surface area (Å²) in [5, 5.41) is 0. The number of ether oxygens (including phenoxy) is 1. The summed E-state index contributed by atoms with van der Waals surface area (Å²) in [5.41, 5.74) is 1.60. The first-order chi connectivity index (χ1) is 8.85. The van der Waals surface area contributed by atoms with E-state index in [9.17, 15) is 9.59 Å². The molecule has 0 aromatic rings. The molecule has 3 rings (SSSR count). The van der Waals surface area contributed by atoms with E-state index in [-0.39, 0.29) is 35.1 Å². The molecule has 0 amide bonds. The van der Waals surface area contributed by atoms with Gasteiger partial charge in [-0.3, -0.25) is 9.59 Å². The number of carbonyl (C=O) groups excluding carboxylic acids is 2. The Morgan fingerprint density at radius 1 is 1.42 bits per heavy atom. The first-order valence-electron chi connectivity index (χ1n) is 6.70. The van der Waals surface area contributed by atoms with Gasteiger partial charge in [0.2, 0.25) is 0 Å². The Hall–Kier alpha value is -0.900. The largest absolute Gasteiger partial charge is 0.457 e. The van der Waals surface area contributed by atoms with Crippen LogP contribution >= 0.6 is 15.9 Å². The summed E-state index contributed by atoms with van der Waals surface area (Å²) >= 11 is 3.36. The lowest BCUT2D eigenvalue weighted by molar-refractivity contribution is -0.143. The molecule has 1 saturated heterocycles. The average molecular weight is 325 g/mol. The van der Waals surface area contributed by atoms with Crippen LogP contribution in [0.1, 0.15) is 33.6 Å². The van der Waals surface area contributed by atoms with Crippen molar-refractivity contribution in [1.29, 1.82) is 0 Å². The Balaban J connectivity index is 2.12. The molecule has 0 bridgehead atoms. The minimum absolute atomic E-state index is 0.0173. The summed E-state index contributed by atoms with van der Waals surface area (Å²) in [6.07, 6.45) is 3.71. The maximum Gasteiger partial charge on any atom is 0.309 e. The van der Waals surface area contributed by atoms with Crippen LogP contribution in [0.2, 0.25) is 0 Å². The van der Waals surface area contributed by atoms with E-state index in [4.69, 9.17) is 4.74 Å². The summed E-state index contributed by atoms with van der Waals surface area (Å²) in [6, 6.07) is 0. The highest BCUT2D eigenvalue weighted by molar-refractivity contribution is 9.12. The molecule has 0 N–H and O–H groups in total. The van der Waals surface area contributed by atoms with Crippen LogP contribution in [0.4, 0.5) is 0 Å². The molecule has 2 aliphatic carbocycles. The van der Waals surface area contributed by atoms with Crippen molar-refractivity contribution in [3.8, 4) is 0 Å². The molecule has 4 heteroatoms. The van der Waals surface area contributed by atoms with Gasteiger partial charge in [-0.15, -0.1) is 0 Å².